The van der Waals surface area contributed by atoms with Crippen LogP contribution in [0.1, 0.15) is 36.6 Å². The number of carboxylic acids is 1. The van der Waals surface area contributed by atoms with Crippen LogP contribution < -0.4 is 4.74 Å². The molecule has 2 aromatic heterocycles. The van der Waals surface area contributed by atoms with Crippen LogP contribution in [0.5, 0.6) is 11.8 Å². The Bertz CT molecular complexity index is 846. The van der Waals surface area contributed by atoms with Crippen LogP contribution in [0.15, 0.2) is 24.3 Å². The summed E-state index contributed by atoms with van der Waals surface area (Å²) in [4.78, 5) is 21.1. The number of halogens is 1. The van der Waals surface area contributed by atoms with Gasteiger partial charge in [0.1, 0.15) is 0 Å². The number of aryl methyl sites for hydroxylation is 1. The molecule has 4 heterocycles. The van der Waals surface area contributed by atoms with Crippen molar-refractivity contribution in [3.8, 4) is 11.8 Å². The first kappa shape index (κ1) is 15.8. The normalized spacial score (nSPS) is 20.0. The molecule has 0 aromatic carbocycles. The summed E-state index contributed by atoms with van der Waals surface area (Å²) < 4.78 is 9.80. The van der Waals surface area contributed by atoms with Gasteiger partial charge in [0.25, 0.3) is 0 Å². The van der Waals surface area contributed by atoms with E-state index < -0.39 is 31.2 Å². The Labute approximate surface area is 147 Å². The van der Waals surface area contributed by atoms with Gasteiger partial charge in [0.2, 0.25) is 0 Å². The molecule has 0 spiro atoms. The first-order valence-corrected chi connectivity index (χ1v) is 12.0. The standard InChI is InChI=1S/C18H19IN2O3/c1-10-4-5-11-14(18(2,3)17(22)23)12-6-7-13(19-8-9-19)21-16(12)24-15(11)20-10/h4-7,14H,8-9H2,1-3H3,(H,22,23). The molecular formula is C18H19IN2O3. The van der Waals surface area contributed by atoms with E-state index in [0.717, 1.165) is 16.8 Å². The van der Waals surface area contributed by atoms with Crippen molar-refractivity contribution in [2.24, 2.45) is 5.41 Å². The Morgan fingerprint density at radius 3 is 2.42 bits per heavy atom. The van der Waals surface area contributed by atoms with Crippen molar-refractivity contribution in [2.45, 2.75) is 26.7 Å². The summed E-state index contributed by atoms with van der Waals surface area (Å²) in [7, 11) is 0. The molecule has 2 aliphatic rings. The van der Waals surface area contributed by atoms with E-state index in [0.29, 0.717) is 11.8 Å². The van der Waals surface area contributed by atoms with E-state index in [-0.39, 0.29) is 5.92 Å². The fourth-order valence-corrected chi connectivity index (χ4v) is 7.04. The third kappa shape index (κ3) is 2.47. The third-order valence-electron chi connectivity index (χ3n) is 4.62. The molecule has 0 aliphatic carbocycles. The topological polar surface area (TPSA) is 72.3 Å². The molecule has 24 heavy (non-hydrogen) atoms. The number of carboxylic acid groups (broad SMARTS) is 1. The van der Waals surface area contributed by atoms with Crippen molar-refractivity contribution >= 4 is 25.8 Å². The van der Waals surface area contributed by atoms with Crippen molar-refractivity contribution in [1.29, 1.82) is 0 Å². The van der Waals surface area contributed by atoms with Gasteiger partial charge in [-0.3, -0.25) is 0 Å². The molecular weight excluding hydrogens is 419 g/mol. The molecule has 126 valence electrons. The van der Waals surface area contributed by atoms with Crippen LogP contribution in [-0.2, 0) is 4.79 Å². The van der Waals surface area contributed by atoms with Crippen LogP contribution >= 0.6 is 19.8 Å². The van der Waals surface area contributed by atoms with Crippen LogP contribution in [0, 0.1) is 16.0 Å². The third-order valence-corrected chi connectivity index (χ3v) is 8.95. The van der Waals surface area contributed by atoms with Crippen LogP contribution in [-0.4, -0.2) is 29.9 Å². The number of ether oxygens (including phenoxy) is 1. The molecule has 0 bridgehead atoms. The number of aromatic nitrogens is 2. The predicted molar refractivity (Wildman–Crippen MR) is 99.0 cm³/mol. The average Bonchev–Trinajstić information content (AvgIpc) is 3.36. The van der Waals surface area contributed by atoms with Gasteiger partial charge in [0, 0.05) is 0 Å². The zero-order chi connectivity index (χ0) is 17.1. The maximum atomic E-state index is 11.9. The molecule has 0 saturated carbocycles. The molecule has 6 heteroatoms. The number of rotatable bonds is 3. The number of alkyl halides is 2. The number of hydrogen-bond acceptors (Lipinski definition) is 4. The van der Waals surface area contributed by atoms with Crippen LogP contribution in [0.3, 0.4) is 0 Å². The molecule has 5 nitrogen and oxygen atoms in total. The molecule has 1 N–H and O–H groups in total. The summed E-state index contributed by atoms with van der Waals surface area (Å²) in [5.41, 5.74) is 1.53. The number of fused-ring (bicyclic) bond motifs is 2. The molecule has 2 aliphatic heterocycles. The van der Waals surface area contributed by atoms with Crippen molar-refractivity contribution in [1.82, 2.24) is 9.97 Å². The van der Waals surface area contributed by atoms with Gasteiger partial charge in [0.05, 0.1) is 0 Å². The van der Waals surface area contributed by atoms with E-state index >= 15 is 0 Å². The zero-order valence-corrected chi connectivity index (χ0v) is 16.0. The second kappa shape index (κ2) is 5.40. The first-order chi connectivity index (χ1) is 11.4. The van der Waals surface area contributed by atoms with Crippen LogP contribution in [0.2, 0.25) is 0 Å². The average molecular weight is 438 g/mol. The molecule has 0 radical (unpaired) electrons. The monoisotopic (exact) mass is 438 g/mol. The molecule has 1 atom stereocenters. The first-order valence-electron chi connectivity index (χ1n) is 7.89. The van der Waals surface area contributed by atoms with Gasteiger partial charge >= 0.3 is 148 Å². The number of pyridine rings is 2. The van der Waals surface area contributed by atoms with Crippen LogP contribution in [0.25, 0.3) is 0 Å². The van der Waals surface area contributed by atoms with Gasteiger partial charge in [-0.15, -0.1) is 0 Å². The van der Waals surface area contributed by atoms with E-state index in [1.807, 2.05) is 25.1 Å². The predicted octanol–water partition coefficient (Wildman–Crippen LogP) is 3.82. The van der Waals surface area contributed by atoms with Gasteiger partial charge in [-0.2, -0.15) is 0 Å². The van der Waals surface area contributed by atoms with Gasteiger partial charge < -0.3 is 0 Å². The summed E-state index contributed by atoms with van der Waals surface area (Å²) in [6.45, 7) is 5.41. The molecule has 2 aromatic rings. The zero-order valence-electron chi connectivity index (χ0n) is 13.8. The van der Waals surface area contributed by atoms with Crippen molar-refractivity contribution in [2.75, 3.05) is 8.86 Å². The Morgan fingerprint density at radius 1 is 1.17 bits per heavy atom. The summed E-state index contributed by atoms with van der Waals surface area (Å²) in [5.74, 6) is -0.132. The second-order valence-electron chi connectivity index (χ2n) is 6.77. The van der Waals surface area contributed by atoms with Gasteiger partial charge in [-0.05, 0) is 0 Å². The van der Waals surface area contributed by atoms with Gasteiger partial charge in [-0.25, -0.2) is 0 Å². The van der Waals surface area contributed by atoms with Crippen molar-refractivity contribution < 1.29 is 14.6 Å². The SMILES string of the molecule is Cc1ccc2c(n1)Oc1nc(I3CC3)ccc1C2C(C)(C)C(=O)O. The Hall–Kier alpha value is -1.70. The van der Waals surface area contributed by atoms with Crippen molar-refractivity contribution in [3.05, 3.63) is 44.8 Å². The van der Waals surface area contributed by atoms with E-state index in [2.05, 4.69) is 11.1 Å². The maximum absolute atomic E-state index is 11.9. The number of nitrogens with zero attached hydrogens (tertiary/aromatic N) is 2. The Morgan fingerprint density at radius 2 is 1.79 bits per heavy atom. The second-order valence-corrected chi connectivity index (χ2v) is 12.6. The van der Waals surface area contributed by atoms with Gasteiger partial charge in [-0.1, -0.05) is 0 Å². The van der Waals surface area contributed by atoms with Crippen LogP contribution in [0.4, 0.5) is 0 Å². The summed E-state index contributed by atoms with van der Waals surface area (Å²) in [6.07, 6.45) is 0. The molecule has 0 amide bonds. The molecule has 1 saturated heterocycles. The molecule has 1 unspecified atom stereocenters. The number of aliphatic carboxylic acids is 1. The van der Waals surface area contributed by atoms with E-state index in [1.165, 1.54) is 12.6 Å². The van der Waals surface area contributed by atoms with Gasteiger partial charge in [0.15, 0.2) is 0 Å². The van der Waals surface area contributed by atoms with E-state index in [1.54, 1.807) is 13.8 Å². The fourth-order valence-electron chi connectivity index (χ4n) is 3.11. The summed E-state index contributed by atoms with van der Waals surface area (Å²) >= 11 is -1.01. The van der Waals surface area contributed by atoms with E-state index in [4.69, 9.17) is 9.72 Å². The van der Waals surface area contributed by atoms with Crippen molar-refractivity contribution in [3.63, 3.8) is 0 Å². The quantitative estimate of drug-likeness (QED) is 0.448. The summed E-state index contributed by atoms with van der Waals surface area (Å²) in [6, 6.07) is 7.93. The molecule has 1 fully saturated rings. The number of carbonyl (C=O) groups is 1. The number of hydrogen-bond donors (Lipinski definition) is 1. The Kier molecular flexibility index (Phi) is 3.56. The minimum atomic E-state index is -1.01. The summed E-state index contributed by atoms with van der Waals surface area (Å²) in [5, 5.41) is 9.78. The Balaban J connectivity index is 1.91. The van der Waals surface area contributed by atoms with E-state index in [9.17, 15) is 9.90 Å². The minimum absolute atomic E-state index is 0.327. The fraction of sp³-hybridized carbons (Fsp3) is 0.389. The molecule has 4 rings (SSSR count).